The summed E-state index contributed by atoms with van der Waals surface area (Å²) in [5.41, 5.74) is 1.80. The maximum absolute atomic E-state index is 12.2. The molecule has 2 aromatic rings. The number of hydrogen-bond acceptors (Lipinski definition) is 2. The van der Waals surface area contributed by atoms with Crippen LogP contribution in [0.25, 0.3) is 10.9 Å². The highest BCUT2D eigenvalue weighted by atomic mass is 32.2. The Morgan fingerprint density at radius 3 is 2.95 bits per heavy atom. The standard InChI is InChI=1S/C15H18N2OS/c1-19-15(6-2-7-15)10-17-14(18)12-3-4-13-11(9-12)5-8-16-13/h3-5,8-9,16H,2,6-7,10H2,1H3,(H,17,18). The number of rotatable bonds is 4. The molecule has 1 amide bonds. The van der Waals surface area contributed by atoms with Crippen LogP contribution in [0.4, 0.5) is 0 Å². The molecule has 0 unspecified atom stereocenters. The number of aromatic amines is 1. The van der Waals surface area contributed by atoms with E-state index in [4.69, 9.17) is 0 Å². The maximum Gasteiger partial charge on any atom is 0.251 e. The van der Waals surface area contributed by atoms with Crippen LogP contribution in [0.1, 0.15) is 29.6 Å². The minimum Gasteiger partial charge on any atom is -0.361 e. The van der Waals surface area contributed by atoms with E-state index in [1.807, 2.05) is 42.2 Å². The van der Waals surface area contributed by atoms with Gasteiger partial charge in [-0.05, 0) is 43.4 Å². The second-order valence-corrected chi connectivity index (χ2v) is 6.48. The zero-order chi connectivity index (χ0) is 13.3. The predicted octanol–water partition coefficient (Wildman–Crippen LogP) is 3.18. The van der Waals surface area contributed by atoms with Gasteiger partial charge in [0, 0.05) is 34.0 Å². The highest BCUT2D eigenvalue weighted by molar-refractivity contribution is 8.00. The molecule has 0 bridgehead atoms. The Bertz CT molecular complexity index is 595. The molecule has 1 heterocycles. The number of thioether (sulfide) groups is 1. The molecule has 1 aromatic heterocycles. The third-order valence-corrected chi connectivity index (χ3v) is 5.50. The Morgan fingerprint density at radius 2 is 2.26 bits per heavy atom. The van der Waals surface area contributed by atoms with Crippen molar-refractivity contribution in [1.29, 1.82) is 0 Å². The van der Waals surface area contributed by atoms with Crippen LogP contribution in [-0.4, -0.2) is 28.4 Å². The predicted molar refractivity (Wildman–Crippen MR) is 80.7 cm³/mol. The van der Waals surface area contributed by atoms with Crippen LogP contribution < -0.4 is 5.32 Å². The zero-order valence-corrected chi connectivity index (χ0v) is 11.8. The normalized spacial score (nSPS) is 17.1. The Kier molecular flexibility index (Phi) is 3.27. The Morgan fingerprint density at radius 1 is 1.42 bits per heavy atom. The zero-order valence-electron chi connectivity index (χ0n) is 11.0. The van der Waals surface area contributed by atoms with Crippen molar-refractivity contribution in [3.05, 3.63) is 36.0 Å². The number of hydrogen-bond donors (Lipinski definition) is 2. The molecule has 1 aliphatic carbocycles. The summed E-state index contributed by atoms with van der Waals surface area (Å²) in [7, 11) is 0. The number of carbonyl (C=O) groups is 1. The molecule has 0 atom stereocenters. The molecule has 1 fully saturated rings. The third kappa shape index (κ3) is 2.37. The number of amides is 1. The van der Waals surface area contributed by atoms with Gasteiger partial charge in [-0.1, -0.05) is 6.42 Å². The summed E-state index contributed by atoms with van der Waals surface area (Å²) >= 11 is 1.88. The molecule has 4 heteroatoms. The van der Waals surface area contributed by atoms with E-state index in [1.54, 1.807) is 0 Å². The van der Waals surface area contributed by atoms with Crippen molar-refractivity contribution in [2.45, 2.75) is 24.0 Å². The Balaban J connectivity index is 1.69. The lowest BCUT2D eigenvalue weighted by atomic mass is 9.84. The number of carbonyl (C=O) groups excluding carboxylic acids is 1. The van der Waals surface area contributed by atoms with Gasteiger partial charge in [0.1, 0.15) is 0 Å². The summed E-state index contributed by atoms with van der Waals surface area (Å²) in [6.45, 7) is 0.776. The first-order valence-electron chi connectivity index (χ1n) is 6.63. The van der Waals surface area contributed by atoms with Gasteiger partial charge < -0.3 is 10.3 Å². The first kappa shape index (κ1) is 12.6. The van der Waals surface area contributed by atoms with Gasteiger partial charge >= 0.3 is 0 Å². The Hall–Kier alpha value is -1.42. The second-order valence-electron chi connectivity index (χ2n) is 5.20. The molecule has 0 saturated heterocycles. The number of H-pyrrole nitrogens is 1. The average molecular weight is 274 g/mol. The SMILES string of the molecule is CSC1(CNC(=O)c2ccc3[nH]ccc3c2)CCC1. The number of nitrogens with one attached hydrogen (secondary N) is 2. The lowest BCUT2D eigenvalue weighted by Crippen LogP contribution is -2.45. The van der Waals surface area contributed by atoms with Crippen molar-refractivity contribution in [2.24, 2.45) is 0 Å². The van der Waals surface area contributed by atoms with Crippen LogP contribution >= 0.6 is 11.8 Å². The highest BCUT2D eigenvalue weighted by Crippen LogP contribution is 2.42. The monoisotopic (exact) mass is 274 g/mol. The lowest BCUT2D eigenvalue weighted by Gasteiger charge is -2.40. The van der Waals surface area contributed by atoms with E-state index in [-0.39, 0.29) is 10.7 Å². The topological polar surface area (TPSA) is 44.9 Å². The van der Waals surface area contributed by atoms with Crippen molar-refractivity contribution in [3.8, 4) is 0 Å². The van der Waals surface area contributed by atoms with Crippen LogP contribution in [0.5, 0.6) is 0 Å². The van der Waals surface area contributed by atoms with Gasteiger partial charge in [0.15, 0.2) is 0 Å². The fourth-order valence-corrected chi connectivity index (χ4v) is 3.48. The van der Waals surface area contributed by atoms with Gasteiger partial charge in [-0.3, -0.25) is 4.79 Å². The molecule has 2 N–H and O–H groups in total. The smallest absolute Gasteiger partial charge is 0.251 e. The van der Waals surface area contributed by atoms with Crippen LogP contribution in [0, 0.1) is 0 Å². The highest BCUT2D eigenvalue weighted by Gasteiger charge is 2.36. The summed E-state index contributed by atoms with van der Waals surface area (Å²) in [6, 6.07) is 7.76. The number of benzene rings is 1. The van der Waals surface area contributed by atoms with E-state index < -0.39 is 0 Å². The molecular weight excluding hydrogens is 256 g/mol. The molecule has 1 aliphatic rings. The maximum atomic E-state index is 12.2. The van der Waals surface area contributed by atoms with Crippen molar-refractivity contribution < 1.29 is 4.79 Å². The number of aromatic nitrogens is 1. The quantitative estimate of drug-likeness (QED) is 0.899. The van der Waals surface area contributed by atoms with E-state index in [9.17, 15) is 4.79 Å². The van der Waals surface area contributed by atoms with Gasteiger partial charge in [-0.25, -0.2) is 0 Å². The number of fused-ring (bicyclic) bond motifs is 1. The summed E-state index contributed by atoms with van der Waals surface area (Å²) in [4.78, 5) is 15.3. The van der Waals surface area contributed by atoms with Gasteiger partial charge in [-0.2, -0.15) is 11.8 Å². The van der Waals surface area contributed by atoms with E-state index in [2.05, 4.69) is 16.6 Å². The first-order chi connectivity index (χ1) is 9.22. The van der Waals surface area contributed by atoms with Crippen molar-refractivity contribution in [3.63, 3.8) is 0 Å². The second kappa shape index (κ2) is 4.93. The molecule has 1 saturated carbocycles. The molecule has 19 heavy (non-hydrogen) atoms. The van der Waals surface area contributed by atoms with E-state index >= 15 is 0 Å². The largest absolute Gasteiger partial charge is 0.361 e. The van der Waals surface area contributed by atoms with Gasteiger partial charge in [0.2, 0.25) is 0 Å². The molecule has 1 aromatic carbocycles. The molecule has 3 rings (SSSR count). The minimum absolute atomic E-state index is 0.0309. The van der Waals surface area contributed by atoms with Gasteiger partial charge in [-0.15, -0.1) is 0 Å². The molecule has 0 spiro atoms. The van der Waals surface area contributed by atoms with Crippen LogP contribution in [0.15, 0.2) is 30.5 Å². The summed E-state index contributed by atoms with van der Waals surface area (Å²) in [5, 5.41) is 4.16. The molecule has 3 nitrogen and oxygen atoms in total. The minimum atomic E-state index is 0.0309. The fourth-order valence-electron chi connectivity index (χ4n) is 2.56. The van der Waals surface area contributed by atoms with Crippen LogP contribution in [0.2, 0.25) is 0 Å². The van der Waals surface area contributed by atoms with Crippen LogP contribution in [-0.2, 0) is 0 Å². The van der Waals surface area contributed by atoms with Crippen molar-refractivity contribution >= 4 is 28.6 Å². The first-order valence-corrected chi connectivity index (χ1v) is 7.85. The Labute approximate surface area is 117 Å². The summed E-state index contributed by atoms with van der Waals surface area (Å²) in [5.74, 6) is 0.0309. The molecule has 0 aliphatic heterocycles. The molecule has 0 radical (unpaired) electrons. The molecule has 100 valence electrons. The summed E-state index contributed by atoms with van der Waals surface area (Å²) in [6.07, 6.45) is 7.74. The van der Waals surface area contributed by atoms with Gasteiger partial charge in [0.05, 0.1) is 0 Å². The van der Waals surface area contributed by atoms with Crippen molar-refractivity contribution in [1.82, 2.24) is 10.3 Å². The van der Waals surface area contributed by atoms with E-state index in [0.717, 1.165) is 23.0 Å². The molecular formula is C15H18N2OS. The van der Waals surface area contributed by atoms with E-state index in [1.165, 1.54) is 19.3 Å². The average Bonchev–Trinajstić information content (AvgIpc) is 2.84. The van der Waals surface area contributed by atoms with Crippen molar-refractivity contribution in [2.75, 3.05) is 12.8 Å². The lowest BCUT2D eigenvalue weighted by molar-refractivity contribution is 0.0944. The third-order valence-electron chi connectivity index (χ3n) is 4.08. The fraction of sp³-hybridized carbons (Fsp3) is 0.400. The van der Waals surface area contributed by atoms with Crippen LogP contribution in [0.3, 0.4) is 0 Å². The van der Waals surface area contributed by atoms with Gasteiger partial charge in [0.25, 0.3) is 5.91 Å². The van der Waals surface area contributed by atoms with E-state index in [0.29, 0.717) is 0 Å². The summed E-state index contributed by atoms with van der Waals surface area (Å²) < 4.78 is 0.286.